The van der Waals surface area contributed by atoms with Gasteiger partial charge in [-0.15, -0.1) is 0 Å². The minimum Gasteiger partial charge on any atom is -0.354 e. The van der Waals surface area contributed by atoms with Gasteiger partial charge in [0.2, 0.25) is 5.91 Å². The molecule has 0 aliphatic carbocycles. The molecule has 9 heteroatoms. The molecule has 2 aromatic carbocycles. The van der Waals surface area contributed by atoms with Gasteiger partial charge in [-0.25, -0.2) is 8.42 Å². The average molecular weight is 498 g/mol. The van der Waals surface area contributed by atoms with Crippen LogP contribution in [0.15, 0.2) is 53.4 Å². The molecule has 1 aliphatic heterocycles. The van der Waals surface area contributed by atoms with Gasteiger partial charge >= 0.3 is 0 Å². The predicted octanol–water partition coefficient (Wildman–Crippen LogP) is 4.57. The summed E-state index contributed by atoms with van der Waals surface area (Å²) >= 11 is 12.2. The molecule has 0 aromatic heterocycles. The number of carbonyl (C=O) groups excluding carboxylic acids is 1. The summed E-state index contributed by atoms with van der Waals surface area (Å²) in [6.07, 6.45) is 5.83. The lowest BCUT2D eigenvalue weighted by atomic mass is 10.2. The summed E-state index contributed by atoms with van der Waals surface area (Å²) in [7, 11) is -3.99. The minimum absolute atomic E-state index is 0.0880. The minimum atomic E-state index is -3.99. The van der Waals surface area contributed by atoms with Crippen molar-refractivity contribution in [2.75, 3.05) is 37.0 Å². The first-order valence-corrected chi connectivity index (χ1v) is 13.1. The second-order valence-corrected chi connectivity index (χ2v) is 10.6. The molecule has 0 saturated carbocycles. The quantitative estimate of drug-likeness (QED) is 0.515. The smallest absolute Gasteiger partial charge is 0.264 e. The van der Waals surface area contributed by atoms with Gasteiger partial charge in [-0.2, -0.15) is 0 Å². The highest BCUT2D eigenvalue weighted by Gasteiger charge is 2.27. The molecule has 0 spiro atoms. The van der Waals surface area contributed by atoms with E-state index < -0.39 is 10.0 Å². The highest BCUT2D eigenvalue weighted by Crippen LogP contribution is 2.29. The van der Waals surface area contributed by atoms with Gasteiger partial charge in [0.1, 0.15) is 6.54 Å². The molecular formula is C23H29Cl2N3O3S. The topological polar surface area (TPSA) is 69.7 Å². The van der Waals surface area contributed by atoms with E-state index in [0.717, 1.165) is 30.4 Å². The number of nitrogens with one attached hydrogen (secondary N) is 1. The Morgan fingerprint density at radius 1 is 0.969 bits per heavy atom. The fourth-order valence-electron chi connectivity index (χ4n) is 3.79. The van der Waals surface area contributed by atoms with E-state index in [1.54, 1.807) is 18.2 Å². The molecule has 3 rings (SSSR count). The third kappa shape index (κ3) is 7.10. The Balaban J connectivity index is 1.68. The van der Waals surface area contributed by atoms with Gasteiger partial charge in [-0.05, 0) is 69.2 Å². The first kappa shape index (κ1) is 24.8. The van der Waals surface area contributed by atoms with Gasteiger partial charge in [0, 0.05) is 16.6 Å². The Kier molecular flexibility index (Phi) is 9.22. The average Bonchev–Trinajstić information content (AvgIpc) is 3.04. The molecule has 1 aliphatic rings. The second kappa shape index (κ2) is 11.9. The number of anilines is 1. The van der Waals surface area contributed by atoms with E-state index in [4.69, 9.17) is 23.2 Å². The zero-order valence-corrected chi connectivity index (χ0v) is 20.3. The lowest BCUT2D eigenvalue weighted by Gasteiger charge is -2.25. The van der Waals surface area contributed by atoms with Crippen LogP contribution < -0.4 is 9.62 Å². The van der Waals surface area contributed by atoms with E-state index in [1.807, 2.05) is 0 Å². The molecule has 0 radical (unpaired) electrons. The molecule has 1 saturated heterocycles. The maximum absolute atomic E-state index is 13.3. The molecule has 174 valence electrons. The molecule has 2 aromatic rings. The zero-order valence-electron chi connectivity index (χ0n) is 18.0. The van der Waals surface area contributed by atoms with Gasteiger partial charge in [-0.1, -0.05) is 54.2 Å². The first-order chi connectivity index (χ1) is 15.4. The maximum Gasteiger partial charge on any atom is 0.264 e. The van der Waals surface area contributed by atoms with Crippen LogP contribution in [-0.2, 0) is 14.8 Å². The van der Waals surface area contributed by atoms with Crippen LogP contribution in [0.3, 0.4) is 0 Å². The monoisotopic (exact) mass is 497 g/mol. The Bertz CT molecular complexity index is 975. The van der Waals surface area contributed by atoms with Gasteiger partial charge < -0.3 is 10.2 Å². The van der Waals surface area contributed by atoms with Crippen molar-refractivity contribution in [3.63, 3.8) is 0 Å². The van der Waals surface area contributed by atoms with Gasteiger partial charge in [0.25, 0.3) is 10.0 Å². The number of sulfonamides is 1. The van der Waals surface area contributed by atoms with E-state index in [1.165, 1.54) is 56.0 Å². The number of amides is 1. The first-order valence-electron chi connectivity index (χ1n) is 10.9. The maximum atomic E-state index is 13.3. The third-order valence-corrected chi connectivity index (χ3v) is 7.65. The van der Waals surface area contributed by atoms with Gasteiger partial charge in [0.05, 0.1) is 10.6 Å². The number of halogens is 2. The fraction of sp³-hybridized carbons (Fsp3) is 0.435. The zero-order chi connectivity index (χ0) is 23.0. The summed E-state index contributed by atoms with van der Waals surface area (Å²) in [6, 6.07) is 12.5. The SMILES string of the molecule is O=C(CN(c1cc(Cl)cc(Cl)c1)S(=O)(=O)c1ccccc1)NCCCN1CCCCCC1. The van der Waals surface area contributed by atoms with Crippen LogP contribution in [0.2, 0.25) is 10.0 Å². The summed E-state index contributed by atoms with van der Waals surface area (Å²) in [5.41, 5.74) is 0.242. The van der Waals surface area contributed by atoms with E-state index in [2.05, 4.69) is 10.2 Å². The second-order valence-electron chi connectivity index (χ2n) is 7.91. The number of benzene rings is 2. The Morgan fingerprint density at radius 2 is 1.59 bits per heavy atom. The molecular weight excluding hydrogens is 469 g/mol. The fourth-order valence-corrected chi connectivity index (χ4v) is 5.73. The van der Waals surface area contributed by atoms with Crippen LogP contribution in [0.1, 0.15) is 32.1 Å². The number of nitrogens with zero attached hydrogens (tertiary/aromatic N) is 2. The van der Waals surface area contributed by atoms with Crippen molar-refractivity contribution < 1.29 is 13.2 Å². The van der Waals surface area contributed by atoms with E-state index >= 15 is 0 Å². The van der Waals surface area contributed by atoms with Gasteiger partial charge in [0.15, 0.2) is 0 Å². The molecule has 0 atom stereocenters. The molecule has 0 bridgehead atoms. The third-order valence-electron chi connectivity index (χ3n) is 5.43. The normalized spacial score (nSPS) is 15.2. The van der Waals surface area contributed by atoms with Crippen LogP contribution >= 0.6 is 23.2 Å². The molecule has 1 heterocycles. The number of hydrogen-bond acceptors (Lipinski definition) is 4. The van der Waals surface area contributed by atoms with Crippen molar-refractivity contribution >= 4 is 44.8 Å². The molecule has 1 fully saturated rings. The lowest BCUT2D eigenvalue weighted by molar-refractivity contribution is -0.119. The summed E-state index contributed by atoms with van der Waals surface area (Å²) in [4.78, 5) is 15.2. The summed E-state index contributed by atoms with van der Waals surface area (Å²) < 4.78 is 27.7. The van der Waals surface area contributed by atoms with E-state index in [-0.39, 0.29) is 23.0 Å². The van der Waals surface area contributed by atoms with Crippen molar-refractivity contribution in [1.82, 2.24) is 10.2 Å². The van der Waals surface area contributed by atoms with Crippen molar-refractivity contribution in [3.05, 3.63) is 58.6 Å². The Hall–Kier alpha value is -1.80. The molecule has 32 heavy (non-hydrogen) atoms. The van der Waals surface area contributed by atoms with Crippen LogP contribution in [-0.4, -0.2) is 51.9 Å². The van der Waals surface area contributed by atoms with E-state index in [9.17, 15) is 13.2 Å². The highest BCUT2D eigenvalue weighted by molar-refractivity contribution is 7.92. The van der Waals surface area contributed by atoms with Crippen molar-refractivity contribution in [2.45, 2.75) is 37.0 Å². The van der Waals surface area contributed by atoms with Crippen LogP contribution in [0.5, 0.6) is 0 Å². The number of carbonyl (C=O) groups is 1. The highest BCUT2D eigenvalue weighted by atomic mass is 35.5. The number of hydrogen-bond donors (Lipinski definition) is 1. The summed E-state index contributed by atoms with van der Waals surface area (Å²) in [5.74, 6) is -0.378. The predicted molar refractivity (Wildman–Crippen MR) is 130 cm³/mol. The van der Waals surface area contributed by atoms with Gasteiger partial charge in [-0.3, -0.25) is 9.10 Å². The van der Waals surface area contributed by atoms with Crippen molar-refractivity contribution in [1.29, 1.82) is 0 Å². The molecule has 6 nitrogen and oxygen atoms in total. The molecule has 1 amide bonds. The molecule has 0 unspecified atom stereocenters. The van der Waals surface area contributed by atoms with Crippen molar-refractivity contribution in [3.8, 4) is 0 Å². The Morgan fingerprint density at radius 3 is 2.22 bits per heavy atom. The van der Waals surface area contributed by atoms with Crippen LogP contribution in [0, 0.1) is 0 Å². The number of likely N-dealkylation sites (tertiary alicyclic amines) is 1. The lowest BCUT2D eigenvalue weighted by Crippen LogP contribution is -2.41. The largest absolute Gasteiger partial charge is 0.354 e. The van der Waals surface area contributed by atoms with Crippen LogP contribution in [0.25, 0.3) is 0 Å². The number of rotatable bonds is 9. The van der Waals surface area contributed by atoms with Crippen LogP contribution in [0.4, 0.5) is 5.69 Å². The van der Waals surface area contributed by atoms with Crippen molar-refractivity contribution in [2.24, 2.45) is 0 Å². The Labute approximate surface area is 200 Å². The molecule has 1 N–H and O–H groups in total. The van der Waals surface area contributed by atoms with E-state index in [0.29, 0.717) is 16.6 Å². The standard InChI is InChI=1S/C23H29Cl2N3O3S/c24-19-15-20(25)17-21(16-19)28(32(30,31)22-9-4-3-5-10-22)18-23(29)26-11-8-14-27-12-6-1-2-7-13-27/h3-5,9-10,15-17H,1-2,6-8,11-14,18H2,(H,26,29). The summed E-state index contributed by atoms with van der Waals surface area (Å²) in [6.45, 7) is 3.26. The summed E-state index contributed by atoms with van der Waals surface area (Å²) in [5, 5.41) is 3.43.